The van der Waals surface area contributed by atoms with E-state index in [0.717, 1.165) is 0 Å². The zero-order valence-electron chi connectivity index (χ0n) is 16.0. The molecular weight excluding hydrogens is 491 g/mol. The third kappa shape index (κ3) is 4.82. The molecule has 1 aliphatic heterocycles. The fraction of sp³-hybridized carbons (Fsp3) is 0.938. The van der Waals surface area contributed by atoms with Crippen LogP contribution in [-0.4, -0.2) is 54.7 Å². The first-order chi connectivity index (χ1) is 13.9. The highest BCUT2D eigenvalue weighted by molar-refractivity contribution is 8.33. The molecule has 1 heterocycles. The van der Waals surface area contributed by atoms with Crippen LogP contribution < -0.4 is 0 Å². The van der Waals surface area contributed by atoms with Crippen molar-refractivity contribution in [2.75, 3.05) is 17.3 Å². The summed E-state index contributed by atoms with van der Waals surface area (Å²) in [6.07, 6.45) is -3.92. The number of rotatable bonds is 8. The number of ketones is 1. The van der Waals surface area contributed by atoms with Crippen molar-refractivity contribution < 1.29 is 56.4 Å². The van der Waals surface area contributed by atoms with E-state index in [1.54, 1.807) is 0 Å². The molecule has 2 aliphatic rings. The molecule has 2 fully saturated rings. The standard InChI is InChI=1S/C16H21F9O4S2/c17-13(18,15(21,22)23)14(19,20)16(24,25)31(27,28)29-30(8-4-1-5-9-30)10-12(26)11-6-2-3-7-11/h11H,1-10H2. The van der Waals surface area contributed by atoms with Crippen molar-refractivity contribution in [3.05, 3.63) is 0 Å². The Labute approximate surface area is 174 Å². The Morgan fingerprint density at radius 3 is 1.74 bits per heavy atom. The second kappa shape index (κ2) is 8.58. The lowest BCUT2D eigenvalue weighted by atomic mass is 10.0. The van der Waals surface area contributed by atoms with Crippen LogP contribution in [0.5, 0.6) is 0 Å². The number of carbonyl (C=O) groups is 1. The Bertz CT molecular complexity index is 768. The minimum Gasteiger partial charge on any atom is -0.298 e. The number of alkyl halides is 9. The van der Waals surface area contributed by atoms with Gasteiger partial charge in [0, 0.05) is 17.4 Å². The van der Waals surface area contributed by atoms with Crippen molar-refractivity contribution in [1.82, 2.24) is 0 Å². The molecule has 0 unspecified atom stereocenters. The third-order valence-electron chi connectivity index (χ3n) is 5.41. The molecule has 15 heteroatoms. The molecule has 31 heavy (non-hydrogen) atoms. The molecule has 0 radical (unpaired) electrons. The predicted octanol–water partition coefficient (Wildman–Crippen LogP) is 5.42. The van der Waals surface area contributed by atoms with Gasteiger partial charge in [-0.05, 0) is 25.7 Å². The van der Waals surface area contributed by atoms with Crippen molar-refractivity contribution >= 4 is 26.2 Å². The first-order valence-corrected chi connectivity index (χ1v) is 12.8. The summed E-state index contributed by atoms with van der Waals surface area (Å²) in [5, 5.41) is -6.90. The van der Waals surface area contributed by atoms with Gasteiger partial charge in [-0.3, -0.25) is 4.79 Å². The lowest BCUT2D eigenvalue weighted by Crippen LogP contribution is -2.63. The van der Waals surface area contributed by atoms with Crippen LogP contribution in [0.25, 0.3) is 0 Å². The Balaban J connectivity index is 2.37. The van der Waals surface area contributed by atoms with E-state index in [0.29, 0.717) is 32.1 Å². The van der Waals surface area contributed by atoms with Gasteiger partial charge in [-0.25, -0.2) is 3.63 Å². The molecule has 0 atom stereocenters. The van der Waals surface area contributed by atoms with E-state index in [4.69, 9.17) is 0 Å². The fourth-order valence-electron chi connectivity index (χ4n) is 3.62. The van der Waals surface area contributed by atoms with Gasteiger partial charge in [-0.1, -0.05) is 19.3 Å². The summed E-state index contributed by atoms with van der Waals surface area (Å²) in [5.41, 5.74) is 0. The van der Waals surface area contributed by atoms with Gasteiger partial charge in [0.05, 0.1) is 5.75 Å². The van der Waals surface area contributed by atoms with Crippen LogP contribution in [0.15, 0.2) is 0 Å². The molecule has 2 rings (SSSR count). The lowest BCUT2D eigenvalue weighted by molar-refractivity contribution is -0.382. The first kappa shape index (κ1) is 26.6. The highest BCUT2D eigenvalue weighted by atomic mass is 32.3. The van der Waals surface area contributed by atoms with Crippen molar-refractivity contribution in [2.24, 2.45) is 5.92 Å². The summed E-state index contributed by atoms with van der Waals surface area (Å²) in [4.78, 5) is 12.5. The Morgan fingerprint density at radius 1 is 0.806 bits per heavy atom. The number of Topliss-reactive ketones (excluding diaryl/α,β-unsaturated/α-hetero) is 1. The van der Waals surface area contributed by atoms with Crippen molar-refractivity contribution in [2.45, 2.75) is 68.2 Å². The molecule has 4 nitrogen and oxygen atoms in total. The van der Waals surface area contributed by atoms with Crippen LogP contribution in [0.1, 0.15) is 44.9 Å². The molecule has 184 valence electrons. The highest BCUT2D eigenvalue weighted by Crippen LogP contribution is 2.60. The first-order valence-electron chi connectivity index (χ1n) is 9.35. The molecule has 0 aromatic heterocycles. The van der Waals surface area contributed by atoms with E-state index in [2.05, 4.69) is 3.63 Å². The Kier molecular flexibility index (Phi) is 7.35. The topological polar surface area (TPSA) is 60.4 Å². The fourth-order valence-corrected chi connectivity index (χ4v) is 9.37. The maximum Gasteiger partial charge on any atom is 0.460 e. The number of hydrogen-bond acceptors (Lipinski definition) is 4. The molecule has 1 saturated heterocycles. The Morgan fingerprint density at radius 2 is 1.29 bits per heavy atom. The van der Waals surface area contributed by atoms with E-state index in [1.807, 2.05) is 0 Å². The number of hydrogen-bond donors (Lipinski definition) is 0. The largest absolute Gasteiger partial charge is 0.460 e. The molecule has 0 spiro atoms. The van der Waals surface area contributed by atoms with Gasteiger partial charge in [-0.15, -0.1) is 10.3 Å². The lowest BCUT2D eigenvalue weighted by Gasteiger charge is -2.42. The van der Waals surface area contributed by atoms with Gasteiger partial charge in [-0.2, -0.15) is 47.9 Å². The second-order valence-electron chi connectivity index (χ2n) is 7.71. The van der Waals surface area contributed by atoms with E-state index in [1.165, 1.54) is 0 Å². The van der Waals surface area contributed by atoms with Gasteiger partial charge >= 0.3 is 33.4 Å². The van der Waals surface area contributed by atoms with E-state index in [-0.39, 0.29) is 24.3 Å². The smallest absolute Gasteiger partial charge is 0.298 e. The monoisotopic (exact) mass is 512 g/mol. The molecule has 1 saturated carbocycles. The minimum atomic E-state index is -7.35. The summed E-state index contributed by atoms with van der Waals surface area (Å²) in [7, 11) is -10.3. The third-order valence-corrected chi connectivity index (χ3v) is 11.0. The molecule has 0 N–H and O–H groups in total. The van der Waals surface area contributed by atoms with Gasteiger partial charge in [0.1, 0.15) is 5.78 Å². The molecule has 0 aromatic carbocycles. The van der Waals surface area contributed by atoms with Crippen molar-refractivity contribution in [1.29, 1.82) is 0 Å². The molecule has 0 bridgehead atoms. The molecule has 0 amide bonds. The zero-order chi connectivity index (χ0) is 23.9. The summed E-state index contributed by atoms with van der Waals surface area (Å²) in [6.45, 7) is 0. The number of carbonyl (C=O) groups excluding carboxylic acids is 1. The normalized spacial score (nSPS) is 23.0. The van der Waals surface area contributed by atoms with E-state index < -0.39 is 61.2 Å². The van der Waals surface area contributed by atoms with Gasteiger partial charge < -0.3 is 0 Å². The van der Waals surface area contributed by atoms with Gasteiger partial charge in [0.25, 0.3) is 0 Å². The summed E-state index contributed by atoms with van der Waals surface area (Å²) >= 11 is 0. The average molecular weight is 512 g/mol. The predicted molar refractivity (Wildman–Crippen MR) is 93.9 cm³/mol. The second-order valence-corrected chi connectivity index (χ2v) is 12.7. The molecular formula is C16H21F9O4S2. The quantitative estimate of drug-likeness (QED) is 0.408. The molecule has 0 aromatic rings. The van der Waals surface area contributed by atoms with E-state index in [9.17, 15) is 52.7 Å². The van der Waals surface area contributed by atoms with Crippen LogP contribution >= 0.6 is 10.3 Å². The number of halogens is 9. The van der Waals surface area contributed by atoms with Gasteiger partial charge in [0.2, 0.25) is 0 Å². The van der Waals surface area contributed by atoms with Crippen molar-refractivity contribution in [3.63, 3.8) is 0 Å². The maximum absolute atomic E-state index is 14.1. The van der Waals surface area contributed by atoms with Gasteiger partial charge in [0.15, 0.2) is 0 Å². The van der Waals surface area contributed by atoms with Crippen LogP contribution in [-0.2, 0) is 18.5 Å². The van der Waals surface area contributed by atoms with E-state index >= 15 is 0 Å². The zero-order valence-corrected chi connectivity index (χ0v) is 17.6. The Hall–Kier alpha value is -0.700. The van der Waals surface area contributed by atoms with Crippen molar-refractivity contribution in [3.8, 4) is 0 Å². The van der Waals surface area contributed by atoms with Crippen LogP contribution in [0, 0.1) is 5.92 Å². The minimum absolute atomic E-state index is 0.198. The maximum atomic E-state index is 14.1. The highest BCUT2D eigenvalue weighted by Gasteiger charge is 2.86. The van der Waals surface area contributed by atoms with Crippen LogP contribution in [0.3, 0.4) is 0 Å². The SMILES string of the molecule is O=C(CS1(OS(=O)(=O)C(F)(F)C(F)(F)C(F)(F)C(F)(F)F)CCCCC1)C1CCCC1. The van der Waals surface area contributed by atoms with Crippen LogP contribution in [0.4, 0.5) is 39.5 Å². The average Bonchev–Trinajstić information content (AvgIpc) is 3.15. The van der Waals surface area contributed by atoms with Crippen LogP contribution in [0.2, 0.25) is 0 Å². The molecule has 1 aliphatic carbocycles. The summed E-state index contributed by atoms with van der Waals surface area (Å²) in [6, 6.07) is 0. The summed E-state index contributed by atoms with van der Waals surface area (Å²) < 4.78 is 147. The summed E-state index contributed by atoms with van der Waals surface area (Å²) in [5.74, 6) is -16.9.